The van der Waals surface area contributed by atoms with Gasteiger partial charge >= 0.3 is 0 Å². The standard InChI is InChI=1S/C47H59N3O6S2/c1-2-47-11-9-29-15-27-6-7-28-18-39(52)41(21-37(28)36(27)20-40(53)43(29)45(55)31-14-26(22-47)5-8-33(47)16-31)56-42-19-30(17-34-4-3-12-49-34)35-10-13-50-46(48)38(35)25-58-57-24-32(23-51)44(42)54/h3-5,8,10,12,15,18,21,26,29-33,36,40,42-45,49-55H,2,6-7,13-14,16-17,19-20,22-25,48H2,1H3. The number of H-pyrrole nitrogens is 1. The molecule has 1 saturated heterocycles. The number of nitrogens with one attached hydrogen (secondary N) is 2. The Balaban J connectivity index is 1.06. The Morgan fingerprint density at radius 3 is 2.74 bits per heavy atom. The fourth-order valence-corrected chi connectivity index (χ4v) is 14.2. The van der Waals surface area contributed by atoms with Crippen molar-refractivity contribution in [3.8, 4) is 23.3 Å². The summed E-state index contributed by atoms with van der Waals surface area (Å²) in [6.45, 7) is 2.66. The monoisotopic (exact) mass is 825 g/mol. The molecule has 13 unspecified atom stereocenters. The van der Waals surface area contributed by atoms with E-state index in [0.29, 0.717) is 55.0 Å². The number of aromatic hydroxyl groups is 1. The van der Waals surface area contributed by atoms with Gasteiger partial charge in [-0.05, 0) is 122 Å². The average Bonchev–Trinajstić information content (AvgIpc) is 3.50. The second-order valence-electron chi connectivity index (χ2n) is 18.1. The first-order chi connectivity index (χ1) is 28.1. The van der Waals surface area contributed by atoms with Crippen LogP contribution in [0.3, 0.4) is 0 Å². The van der Waals surface area contributed by atoms with Gasteiger partial charge in [-0.1, -0.05) is 70.2 Å². The number of aromatic nitrogens is 1. The highest BCUT2D eigenvalue weighted by atomic mass is 33.1. The first-order valence-corrected chi connectivity index (χ1v) is 24.0. The van der Waals surface area contributed by atoms with E-state index in [0.717, 1.165) is 66.5 Å². The van der Waals surface area contributed by atoms with Gasteiger partial charge in [-0.15, -0.1) is 0 Å². The minimum absolute atomic E-state index is 0.0127. The van der Waals surface area contributed by atoms with Crippen LogP contribution in [0.15, 0.2) is 77.3 Å². The van der Waals surface area contributed by atoms with Crippen molar-refractivity contribution in [2.45, 2.75) is 95.0 Å². The summed E-state index contributed by atoms with van der Waals surface area (Å²) in [5.41, 5.74) is 13.0. The van der Waals surface area contributed by atoms with Crippen molar-refractivity contribution >= 4 is 21.6 Å². The van der Waals surface area contributed by atoms with Crippen LogP contribution in [0.25, 0.3) is 0 Å². The smallest absolute Gasteiger partial charge is 0.161 e. The Bertz CT molecular complexity index is 2040. The van der Waals surface area contributed by atoms with Gasteiger partial charge in [-0.25, -0.2) is 0 Å². The third kappa shape index (κ3) is 7.56. The van der Waals surface area contributed by atoms with Gasteiger partial charge in [0.2, 0.25) is 0 Å². The van der Waals surface area contributed by atoms with Crippen molar-refractivity contribution in [3.63, 3.8) is 0 Å². The lowest BCUT2D eigenvalue weighted by Crippen LogP contribution is -2.42. The van der Waals surface area contributed by atoms with Crippen LogP contribution in [0.4, 0.5) is 0 Å². The third-order valence-electron chi connectivity index (χ3n) is 14.9. The van der Waals surface area contributed by atoms with Gasteiger partial charge in [-0.2, -0.15) is 0 Å². The number of fused-ring (bicyclic) bond motifs is 5. The molecule has 11 heteroatoms. The number of phenolic OH excluding ortho intramolecular Hbond substituents is 1. The molecular weight excluding hydrogens is 767 g/mol. The Morgan fingerprint density at radius 2 is 1.93 bits per heavy atom. The molecule has 2 aliphatic heterocycles. The van der Waals surface area contributed by atoms with E-state index in [4.69, 9.17) is 10.5 Å². The zero-order valence-electron chi connectivity index (χ0n) is 33.4. The van der Waals surface area contributed by atoms with E-state index >= 15 is 0 Å². The molecule has 8 aliphatic rings. The highest BCUT2D eigenvalue weighted by molar-refractivity contribution is 8.76. The number of aryl methyl sites for hydroxylation is 1. The van der Waals surface area contributed by atoms with E-state index in [1.165, 1.54) is 5.57 Å². The molecule has 6 aliphatic carbocycles. The number of aliphatic hydroxyl groups is 4. The highest BCUT2D eigenvalue weighted by Crippen LogP contribution is 2.55. The molecule has 1 aromatic heterocycles. The molecule has 9 N–H and O–H groups in total. The number of hydrogen-bond donors (Lipinski definition) is 8. The molecule has 310 valence electrons. The quantitative estimate of drug-likeness (QED) is 0.0969. The van der Waals surface area contributed by atoms with Crippen LogP contribution in [0.2, 0.25) is 0 Å². The summed E-state index contributed by atoms with van der Waals surface area (Å²) in [5, 5.41) is 62.0. The zero-order valence-corrected chi connectivity index (χ0v) is 35.0. The molecule has 0 radical (unpaired) electrons. The van der Waals surface area contributed by atoms with Crippen LogP contribution in [-0.2, 0) is 12.8 Å². The molecule has 0 amide bonds. The third-order valence-corrected chi connectivity index (χ3v) is 17.3. The Labute approximate surface area is 350 Å². The number of aromatic amines is 1. The maximum absolute atomic E-state index is 12.2. The SMILES string of the molecule is CCC12C#CC3C=C4CCc5cc(O)c(OC6CC(Cc7ccc[nH]7)C7=CCNC(N)=C7CSSCC(CO)C6O)cc5C4CC(O)C3C(O)C3CC(C=CC1C3)C2. The highest BCUT2D eigenvalue weighted by Gasteiger charge is 2.50. The van der Waals surface area contributed by atoms with E-state index in [1.54, 1.807) is 27.7 Å². The Kier molecular flexibility index (Phi) is 11.5. The van der Waals surface area contributed by atoms with Crippen LogP contribution in [0, 0.1) is 58.7 Å². The molecule has 3 heterocycles. The lowest BCUT2D eigenvalue weighted by atomic mass is 9.65. The zero-order chi connectivity index (χ0) is 40.1. The lowest BCUT2D eigenvalue weighted by molar-refractivity contribution is -0.0370. The number of ether oxygens (including phenoxy) is 1. The van der Waals surface area contributed by atoms with Crippen LogP contribution in [-0.4, -0.2) is 79.6 Å². The van der Waals surface area contributed by atoms with Gasteiger partial charge in [0.1, 0.15) is 11.9 Å². The van der Waals surface area contributed by atoms with E-state index in [-0.39, 0.29) is 53.1 Å². The normalized spacial score (nSPS) is 38.2. The summed E-state index contributed by atoms with van der Waals surface area (Å²) in [6, 6.07) is 7.79. The maximum atomic E-state index is 12.2. The van der Waals surface area contributed by atoms with Crippen molar-refractivity contribution < 1.29 is 30.3 Å². The van der Waals surface area contributed by atoms with E-state index in [2.05, 4.69) is 59.4 Å². The molecule has 1 aromatic carbocycles. The summed E-state index contributed by atoms with van der Waals surface area (Å²) in [6.07, 6.45) is 14.8. The van der Waals surface area contributed by atoms with Crippen molar-refractivity contribution in [3.05, 3.63) is 94.1 Å². The second-order valence-corrected chi connectivity index (χ2v) is 20.6. The van der Waals surface area contributed by atoms with Crippen molar-refractivity contribution in [1.82, 2.24) is 10.3 Å². The fraction of sp³-hybridized carbons (Fsp3) is 0.574. The van der Waals surface area contributed by atoms with E-state index in [1.807, 2.05) is 18.3 Å². The van der Waals surface area contributed by atoms with Crippen molar-refractivity contribution in [1.29, 1.82) is 0 Å². The predicted molar refractivity (Wildman–Crippen MR) is 231 cm³/mol. The molecule has 10 rings (SSSR count). The molecule has 58 heavy (non-hydrogen) atoms. The summed E-state index contributed by atoms with van der Waals surface area (Å²) >= 11 is 0. The summed E-state index contributed by atoms with van der Waals surface area (Å²) in [7, 11) is 3.28. The molecule has 13 atom stereocenters. The number of benzene rings is 1. The Morgan fingerprint density at radius 1 is 1.05 bits per heavy atom. The maximum Gasteiger partial charge on any atom is 0.161 e. The minimum Gasteiger partial charge on any atom is -0.504 e. The van der Waals surface area contributed by atoms with Gasteiger partial charge in [0, 0.05) is 71.2 Å². The molecule has 4 bridgehead atoms. The number of nitrogens with two attached hydrogens (primary N) is 1. The van der Waals surface area contributed by atoms with Gasteiger partial charge in [0.25, 0.3) is 0 Å². The summed E-state index contributed by atoms with van der Waals surface area (Å²) in [5.74, 6) is 9.20. The van der Waals surface area contributed by atoms with Gasteiger partial charge < -0.3 is 46.3 Å². The fourth-order valence-electron chi connectivity index (χ4n) is 11.7. The van der Waals surface area contributed by atoms with Crippen molar-refractivity contribution in [2.24, 2.45) is 52.6 Å². The topological polar surface area (TPSA) is 164 Å². The van der Waals surface area contributed by atoms with Gasteiger partial charge in [-0.3, -0.25) is 0 Å². The minimum atomic E-state index is -1.02. The van der Waals surface area contributed by atoms with Gasteiger partial charge in [0.05, 0.1) is 18.3 Å². The van der Waals surface area contributed by atoms with Crippen molar-refractivity contribution in [2.75, 3.05) is 24.7 Å². The van der Waals surface area contributed by atoms with E-state index < -0.39 is 30.3 Å². The summed E-state index contributed by atoms with van der Waals surface area (Å²) in [4.78, 5) is 3.36. The molecule has 9 nitrogen and oxygen atoms in total. The summed E-state index contributed by atoms with van der Waals surface area (Å²) < 4.78 is 6.84. The predicted octanol–water partition coefficient (Wildman–Crippen LogP) is 6.11. The second kappa shape index (κ2) is 16.7. The Hall–Kier alpha value is -3.24. The number of phenols is 1. The number of dihydropyridines is 1. The number of hydrogen-bond acceptors (Lipinski definition) is 10. The number of rotatable bonds is 6. The van der Waals surface area contributed by atoms with Crippen LogP contribution in [0.1, 0.15) is 74.6 Å². The molecule has 2 aromatic rings. The molecule has 0 spiro atoms. The van der Waals surface area contributed by atoms with Crippen LogP contribution >= 0.6 is 21.6 Å². The van der Waals surface area contributed by atoms with Crippen LogP contribution in [0.5, 0.6) is 11.5 Å². The largest absolute Gasteiger partial charge is 0.504 e. The van der Waals surface area contributed by atoms with E-state index in [9.17, 15) is 25.5 Å². The van der Waals surface area contributed by atoms with Crippen LogP contribution < -0.4 is 15.8 Å². The average molecular weight is 826 g/mol. The number of allylic oxidation sites excluding steroid dienone is 5. The van der Waals surface area contributed by atoms with Gasteiger partial charge in [0.15, 0.2) is 11.5 Å². The molecule has 2 fully saturated rings. The first-order valence-electron chi connectivity index (χ1n) is 21.5. The first kappa shape index (κ1) is 40.2. The molecule has 1 saturated carbocycles. The molecular formula is C47H59N3O6S2. The lowest BCUT2D eigenvalue weighted by Gasteiger charge is -2.37. The number of aliphatic hydroxyl groups excluding tert-OH is 4.